The summed E-state index contributed by atoms with van der Waals surface area (Å²) in [5.74, 6) is -1.51. The number of benzene rings is 1. The lowest BCUT2D eigenvalue weighted by Gasteiger charge is -2.04. The Kier molecular flexibility index (Phi) is 4.27. The van der Waals surface area contributed by atoms with Crippen LogP contribution in [0.25, 0.3) is 0 Å². The minimum atomic E-state index is -0.862. The first kappa shape index (κ1) is 13.2. The Morgan fingerprint density at radius 3 is 2.82 bits per heavy atom. The number of nitrogens with two attached hydrogens (primary N) is 1. The number of rotatable bonds is 4. The predicted molar refractivity (Wildman–Crippen MR) is 60.2 cm³/mol. The highest BCUT2D eigenvalue weighted by Gasteiger charge is 2.18. The van der Waals surface area contributed by atoms with Gasteiger partial charge >= 0.3 is 5.97 Å². The molecule has 0 heterocycles. The summed E-state index contributed by atoms with van der Waals surface area (Å²) in [7, 11) is 1.20. The van der Waals surface area contributed by atoms with Crippen molar-refractivity contribution < 1.29 is 18.8 Å². The van der Waals surface area contributed by atoms with E-state index in [0.717, 1.165) is 23.9 Å². The highest BCUT2D eigenvalue weighted by Crippen LogP contribution is 2.32. The maximum Gasteiger partial charge on any atom is 0.315 e. The van der Waals surface area contributed by atoms with Crippen LogP contribution in [0.5, 0.6) is 0 Å². The number of nitro benzene ring substituents is 1. The van der Waals surface area contributed by atoms with Crippen LogP contribution >= 0.6 is 11.8 Å². The maximum absolute atomic E-state index is 13.1. The van der Waals surface area contributed by atoms with Gasteiger partial charge in [0.05, 0.1) is 34.4 Å². The van der Waals surface area contributed by atoms with Gasteiger partial charge in [-0.15, -0.1) is 11.8 Å². The van der Waals surface area contributed by atoms with E-state index in [1.54, 1.807) is 0 Å². The first-order valence-electron chi connectivity index (χ1n) is 4.38. The lowest BCUT2D eigenvalue weighted by molar-refractivity contribution is -0.387. The third kappa shape index (κ3) is 3.31. The van der Waals surface area contributed by atoms with Gasteiger partial charge in [0, 0.05) is 0 Å². The van der Waals surface area contributed by atoms with E-state index in [1.807, 2.05) is 0 Å². The molecular weight excluding hydrogens is 251 g/mol. The maximum atomic E-state index is 13.1. The van der Waals surface area contributed by atoms with Gasteiger partial charge in [0.1, 0.15) is 0 Å². The molecule has 0 fully saturated rings. The van der Waals surface area contributed by atoms with Gasteiger partial charge in [-0.3, -0.25) is 14.9 Å². The van der Waals surface area contributed by atoms with Crippen molar-refractivity contribution in [2.75, 3.05) is 18.6 Å². The van der Waals surface area contributed by atoms with E-state index < -0.39 is 22.4 Å². The molecule has 0 aliphatic rings. The van der Waals surface area contributed by atoms with E-state index in [9.17, 15) is 19.3 Å². The van der Waals surface area contributed by atoms with Crippen LogP contribution in [0.1, 0.15) is 0 Å². The van der Waals surface area contributed by atoms with Gasteiger partial charge in [-0.2, -0.15) is 0 Å². The molecular formula is C9H9FN2O4S. The van der Waals surface area contributed by atoms with Crippen LogP contribution < -0.4 is 5.73 Å². The number of esters is 1. The molecule has 0 bridgehead atoms. The molecule has 0 aliphatic carbocycles. The van der Waals surface area contributed by atoms with E-state index in [1.165, 1.54) is 7.11 Å². The van der Waals surface area contributed by atoms with E-state index in [4.69, 9.17) is 5.73 Å². The molecule has 0 atom stereocenters. The Labute approximate surface area is 100 Å². The molecule has 0 aromatic heterocycles. The summed E-state index contributed by atoms with van der Waals surface area (Å²) in [6.07, 6.45) is 0. The van der Waals surface area contributed by atoms with Crippen molar-refractivity contribution in [3.8, 4) is 0 Å². The highest BCUT2D eigenvalue weighted by molar-refractivity contribution is 8.00. The number of nitro groups is 1. The summed E-state index contributed by atoms with van der Waals surface area (Å²) in [5.41, 5.74) is 4.67. The van der Waals surface area contributed by atoms with Crippen LogP contribution in [0.4, 0.5) is 15.8 Å². The van der Waals surface area contributed by atoms with Crippen molar-refractivity contribution in [2.45, 2.75) is 4.90 Å². The third-order valence-electron chi connectivity index (χ3n) is 1.85. The highest BCUT2D eigenvalue weighted by atomic mass is 32.2. The number of thioether (sulfide) groups is 1. The fourth-order valence-electron chi connectivity index (χ4n) is 1.01. The molecule has 0 saturated carbocycles. The molecule has 0 unspecified atom stereocenters. The monoisotopic (exact) mass is 260 g/mol. The molecule has 0 saturated heterocycles. The molecule has 1 aromatic rings. The Balaban J connectivity index is 3.00. The summed E-state index contributed by atoms with van der Waals surface area (Å²) >= 11 is 0.868. The average molecular weight is 260 g/mol. The molecule has 1 aromatic carbocycles. The molecule has 17 heavy (non-hydrogen) atoms. The molecule has 1 rings (SSSR count). The summed E-state index contributed by atoms with van der Waals surface area (Å²) in [4.78, 5) is 21.0. The van der Waals surface area contributed by atoms with E-state index in [-0.39, 0.29) is 16.3 Å². The SMILES string of the molecule is COC(=O)CSc1cc(N)c(F)cc1[N+](=O)[O-]. The minimum Gasteiger partial charge on any atom is -0.468 e. The smallest absolute Gasteiger partial charge is 0.315 e. The van der Waals surface area contributed by atoms with Crippen LogP contribution in [0.15, 0.2) is 17.0 Å². The minimum absolute atomic E-state index is 0.109. The number of methoxy groups -OCH3 is 1. The Bertz CT molecular complexity index is 467. The van der Waals surface area contributed by atoms with Crippen LogP contribution in [-0.2, 0) is 9.53 Å². The van der Waals surface area contributed by atoms with Crippen LogP contribution in [0, 0.1) is 15.9 Å². The topological polar surface area (TPSA) is 95.5 Å². The van der Waals surface area contributed by atoms with Gasteiger partial charge in [-0.05, 0) is 6.07 Å². The zero-order valence-corrected chi connectivity index (χ0v) is 9.62. The van der Waals surface area contributed by atoms with E-state index >= 15 is 0 Å². The molecule has 2 N–H and O–H groups in total. The second kappa shape index (κ2) is 5.48. The van der Waals surface area contributed by atoms with Gasteiger partial charge < -0.3 is 10.5 Å². The van der Waals surface area contributed by atoms with Crippen molar-refractivity contribution in [3.63, 3.8) is 0 Å². The molecule has 92 valence electrons. The first-order valence-corrected chi connectivity index (χ1v) is 5.37. The van der Waals surface area contributed by atoms with E-state index in [0.29, 0.717) is 0 Å². The summed E-state index contributed by atoms with van der Waals surface area (Å²) in [5, 5.41) is 10.7. The van der Waals surface area contributed by atoms with Gasteiger partial charge in [0.15, 0.2) is 5.82 Å². The second-order valence-electron chi connectivity index (χ2n) is 2.96. The number of anilines is 1. The van der Waals surface area contributed by atoms with Crippen LogP contribution in [0.2, 0.25) is 0 Å². The van der Waals surface area contributed by atoms with Crippen molar-refractivity contribution in [1.82, 2.24) is 0 Å². The normalized spacial score (nSPS) is 10.0. The largest absolute Gasteiger partial charge is 0.468 e. The van der Waals surface area contributed by atoms with Gasteiger partial charge in [0.25, 0.3) is 5.69 Å². The van der Waals surface area contributed by atoms with Crippen LogP contribution in [-0.4, -0.2) is 23.8 Å². The van der Waals surface area contributed by atoms with Gasteiger partial charge in [0.2, 0.25) is 0 Å². The number of carbonyl (C=O) groups excluding carboxylic acids is 1. The van der Waals surface area contributed by atoms with Crippen molar-refractivity contribution in [2.24, 2.45) is 0 Å². The fourth-order valence-corrected chi connectivity index (χ4v) is 1.90. The quantitative estimate of drug-likeness (QED) is 0.290. The van der Waals surface area contributed by atoms with E-state index in [2.05, 4.69) is 4.74 Å². The van der Waals surface area contributed by atoms with Crippen molar-refractivity contribution >= 4 is 29.1 Å². The fraction of sp³-hybridized carbons (Fsp3) is 0.222. The number of nitrogens with zero attached hydrogens (tertiary/aromatic N) is 1. The molecule has 0 radical (unpaired) electrons. The average Bonchev–Trinajstić information content (AvgIpc) is 2.29. The Morgan fingerprint density at radius 1 is 1.65 bits per heavy atom. The zero-order valence-electron chi connectivity index (χ0n) is 8.81. The number of hydrogen-bond donors (Lipinski definition) is 1. The predicted octanol–water partition coefficient (Wildman–Crippen LogP) is 1.58. The number of ether oxygens (including phenoxy) is 1. The second-order valence-corrected chi connectivity index (χ2v) is 3.98. The molecule has 0 spiro atoms. The third-order valence-corrected chi connectivity index (χ3v) is 2.87. The zero-order chi connectivity index (χ0) is 13.0. The number of hydrogen-bond acceptors (Lipinski definition) is 6. The summed E-state index contributed by atoms with van der Waals surface area (Å²) in [6.45, 7) is 0. The molecule has 0 aliphatic heterocycles. The lowest BCUT2D eigenvalue weighted by Crippen LogP contribution is -2.04. The van der Waals surface area contributed by atoms with Crippen molar-refractivity contribution in [1.29, 1.82) is 0 Å². The lowest BCUT2D eigenvalue weighted by atomic mass is 10.3. The van der Waals surface area contributed by atoms with Gasteiger partial charge in [-0.1, -0.05) is 0 Å². The van der Waals surface area contributed by atoms with Crippen LogP contribution in [0.3, 0.4) is 0 Å². The molecule has 8 heteroatoms. The molecule has 0 amide bonds. The standard InChI is InChI=1S/C9H9FN2O4S/c1-16-9(13)4-17-8-3-6(11)5(10)2-7(8)12(14)15/h2-3H,4,11H2,1H3. The number of halogens is 1. The van der Waals surface area contributed by atoms with Crippen molar-refractivity contribution in [3.05, 3.63) is 28.1 Å². The Hall–Kier alpha value is -1.83. The number of carbonyl (C=O) groups is 1. The molecule has 6 nitrogen and oxygen atoms in total. The number of nitrogen functional groups attached to an aromatic ring is 1. The summed E-state index contributed by atoms with van der Waals surface area (Å²) in [6, 6.07) is 1.86. The first-order chi connectivity index (χ1) is 7.95. The Morgan fingerprint density at radius 2 is 2.29 bits per heavy atom. The van der Waals surface area contributed by atoms with Gasteiger partial charge in [-0.25, -0.2) is 4.39 Å². The summed E-state index contributed by atoms with van der Waals surface area (Å²) < 4.78 is 17.4.